The Morgan fingerprint density at radius 1 is 1.11 bits per heavy atom. The van der Waals surface area contributed by atoms with Gasteiger partial charge in [0.1, 0.15) is 0 Å². The van der Waals surface area contributed by atoms with Crippen LogP contribution in [0.3, 0.4) is 0 Å². The molecule has 1 aromatic carbocycles. The van der Waals surface area contributed by atoms with Crippen LogP contribution < -0.4 is 5.32 Å². The van der Waals surface area contributed by atoms with Gasteiger partial charge in [0.15, 0.2) is 0 Å². The highest BCUT2D eigenvalue weighted by Crippen LogP contribution is 2.26. The van der Waals surface area contributed by atoms with Crippen molar-refractivity contribution in [3.63, 3.8) is 0 Å². The van der Waals surface area contributed by atoms with Gasteiger partial charge in [-0.2, -0.15) is 0 Å². The lowest BCUT2D eigenvalue weighted by atomic mass is 9.99. The molecule has 0 saturated heterocycles. The van der Waals surface area contributed by atoms with Crippen molar-refractivity contribution >= 4 is 11.3 Å². The quantitative estimate of drug-likeness (QED) is 0.889. The molecular weight excluding hydrogens is 252 g/mol. The SMILES string of the molecule is Cc1ccc(C)c(C(C)NC(C)c2scnc2C)c1. The van der Waals surface area contributed by atoms with Gasteiger partial charge in [-0.1, -0.05) is 23.8 Å². The van der Waals surface area contributed by atoms with Crippen LogP contribution in [-0.4, -0.2) is 4.98 Å². The van der Waals surface area contributed by atoms with E-state index in [4.69, 9.17) is 0 Å². The van der Waals surface area contributed by atoms with Crippen LogP contribution in [0.2, 0.25) is 0 Å². The molecule has 0 spiro atoms. The second kappa shape index (κ2) is 5.85. The minimum absolute atomic E-state index is 0.336. The molecule has 0 fully saturated rings. The summed E-state index contributed by atoms with van der Waals surface area (Å²) in [6.45, 7) is 10.8. The van der Waals surface area contributed by atoms with Crippen molar-refractivity contribution in [3.8, 4) is 0 Å². The highest BCUT2D eigenvalue weighted by atomic mass is 32.1. The third-order valence-electron chi connectivity index (χ3n) is 3.58. The van der Waals surface area contributed by atoms with Gasteiger partial charge < -0.3 is 5.32 Å². The zero-order valence-electron chi connectivity index (χ0n) is 12.3. The van der Waals surface area contributed by atoms with Crippen LogP contribution >= 0.6 is 11.3 Å². The molecule has 0 aliphatic heterocycles. The minimum Gasteiger partial charge on any atom is -0.303 e. The van der Waals surface area contributed by atoms with Crippen LogP contribution in [-0.2, 0) is 0 Å². The smallest absolute Gasteiger partial charge is 0.0798 e. The predicted octanol–water partition coefficient (Wildman–Crippen LogP) is 4.48. The second-order valence-electron chi connectivity index (χ2n) is 5.27. The Kier molecular flexibility index (Phi) is 4.38. The molecule has 2 unspecified atom stereocenters. The summed E-state index contributed by atoms with van der Waals surface area (Å²) in [7, 11) is 0. The summed E-state index contributed by atoms with van der Waals surface area (Å²) in [5.74, 6) is 0. The summed E-state index contributed by atoms with van der Waals surface area (Å²) in [6, 6.07) is 7.33. The largest absolute Gasteiger partial charge is 0.303 e. The summed E-state index contributed by atoms with van der Waals surface area (Å²) in [4.78, 5) is 5.66. The average Bonchev–Trinajstić information content (AvgIpc) is 2.78. The van der Waals surface area contributed by atoms with Gasteiger partial charge in [0.2, 0.25) is 0 Å². The Bertz CT molecular complexity index is 560. The Morgan fingerprint density at radius 2 is 1.84 bits per heavy atom. The second-order valence-corrected chi connectivity index (χ2v) is 6.16. The molecule has 2 rings (SSSR count). The van der Waals surface area contributed by atoms with E-state index in [2.05, 4.69) is 63.1 Å². The van der Waals surface area contributed by atoms with E-state index in [0.717, 1.165) is 5.69 Å². The monoisotopic (exact) mass is 274 g/mol. The fourth-order valence-electron chi connectivity index (χ4n) is 2.49. The number of nitrogens with zero attached hydrogens (tertiary/aromatic N) is 1. The van der Waals surface area contributed by atoms with Gasteiger partial charge in [-0.05, 0) is 45.7 Å². The first-order chi connectivity index (χ1) is 8.99. The zero-order chi connectivity index (χ0) is 14.0. The molecule has 0 saturated carbocycles. The number of rotatable bonds is 4. The first-order valence-corrected chi connectivity index (χ1v) is 7.60. The van der Waals surface area contributed by atoms with E-state index < -0.39 is 0 Å². The number of benzene rings is 1. The van der Waals surface area contributed by atoms with Crippen molar-refractivity contribution in [2.75, 3.05) is 0 Å². The third kappa shape index (κ3) is 3.23. The molecule has 102 valence electrons. The van der Waals surface area contributed by atoms with Crippen LogP contribution in [0.1, 0.15) is 53.2 Å². The molecule has 0 bridgehead atoms. The predicted molar refractivity (Wildman–Crippen MR) is 82.7 cm³/mol. The Labute approximate surface area is 119 Å². The van der Waals surface area contributed by atoms with Gasteiger partial charge in [-0.3, -0.25) is 0 Å². The van der Waals surface area contributed by atoms with Crippen molar-refractivity contribution in [1.82, 2.24) is 10.3 Å². The molecule has 2 atom stereocenters. The number of thiazole rings is 1. The molecule has 3 heteroatoms. The standard InChI is InChI=1S/C16H22N2S/c1-10-6-7-11(2)15(8-10)12(3)18-14(5)16-13(4)17-9-19-16/h6-9,12,14,18H,1-5H3. The summed E-state index contributed by atoms with van der Waals surface area (Å²) in [5, 5.41) is 3.68. The van der Waals surface area contributed by atoms with Gasteiger partial charge in [0.25, 0.3) is 0 Å². The van der Waals surface area contributed by atoms with Gasteiger partial charge in [-0.15, -0.1) is 11.3 Å². The molecule has 1 N–H and O–H groups in total. The molecular formula is C16H22N2S. The first-order valence-electron chi connectivity index (χ1n) is 6.72. The van der Waals surface area contributed by atoms with E-state index in [1.165, 1.54) is 21.6 Å². The van der Waals surface area contributed by atoms with Crippen LogP contribution in [0.25, 0.3) is 0 Å². The summed E-state index contributed by atoms with van der Waals surface area (Å²) in [6.07, 6.45) is 0. The molecule has 0 aliphatic carbocycles. The number of aryl methyl sites for hydroxylation is 3. The average molecular weight is 274 g/mol. The van der Waals surface area contributed by atoms with Crippen molar-refractivity contribution in [1.29, 1.82) is 0 Å². The van der Waals surface area contributed by atoms with Crippen LogP contribution in [0.15, 0.2) is 23.7 Å². The van der Waals surface area contributed by atoms with Crippen molar-refractivity contribution < 1.29 is 0 Å². The van der Waals surface area contributed by atoms with Gasteiger partial charge in [0, 0.05) is 17.0 Å². The highest BCUT2D eigenvalue weighted by Gasteiger charge is 2.15. The molecule has 0 amide bonds. The first kappa shape index (κ1) is 14.2. The topological polar surface area (TPSA) is 24.9 Å². The molecule has 19 heavy (non-hydrogen) atoms. The van der Waals surface area contributed by atoms with Crippen molar-refractivity contribution in [2.24, 2.45) is 0 Å². The number of hydrogen-bond donors (Lipinski definition) is 1. The van der Waals surface area contributed by atoms with Crippen molar-refractivity contribution in [2.45, 2.75) is 46.7 Å². The Morgan fingerprint density at radius 3 is 2.47 bits per heavy atom. The molecule has 0 aliphatic rings. The lowest BCUT2D eigenvalue weighted by Gasteiger charge is -2.22. The maximum atomic E-state index is 4.33. The van der Waals surface area contributed by atoms with Crippen molar-refractivity contribution in [3.05, 3.63) is 51.0 Å². The molecule has 1 heterocycles. The number of hydrogen-bond acceptors (Lipinski definition) is 3. The lowest BCUT2D eigenvalue weighted by Crippen LogP contribution is -2.23. The molecule has 2 aromatic rings. The van der Waals surface area contributed by atoms with E-state index in [-0.39, 0.29) is 0 Å². The van der Waals surface area contributed by atoms with Crippen LogP contribution in [0, 0.1) is 20.8 Å². The zero-order valence-corrected chi connectivity index (χ0v) is 13.1. The molecule has 0 radical (unpaired) electrons. The maximum absolute atomic E-state index is 4.33. The molecule has 1 aromatic heterocycles. The fourth-order valence-corrected chi connectivity index (χ4v) is 3.31. The van der Waals surface area contributed by atoms with E-state index >= 15 is 0 Å². The van der Waals surface area contributed by atoms with Crippen LogP contribution in [0.4, 0.5) is 0 Å². The van der Waals surface area contributed by atoms with E-state index in [0.29, 0.717) is 12.1 Å². The number of nitrogens with one attached hydrogen (secondary N) is 1. The number of aromatic nitrogens is 1. The highest BCUT2D eigenvalue weighted by molar-refractivity contribution is 7.09. The van der Waals surface area contributed by atoms with E-state index in [9.17, 15) is 0 Å². The Balaban J connectivity index is 2.15. The Hall–Kier alpha value is -1.19. The van der Waals surface area contributed by atoms with Gasteiger partial charge in [-0.25, -0.2) is 4.98 Å². The summed E-state index contributed by atoms with van der Waals surface area (Å²) < 4.78 is 0. The van der Waals surface area contributed by atoms with Gasteiger partial charge in [0.05, 0.1) is 11.2 Å². The van der Waals surface area contributed by atoms with Crippen LogP contribution in [0.5, 0.6) is 0 Å². The normalized spacial score (nSPS) is 14.4. The minimum atomic E-state index is 0.336. The van der Waals surface area contributed by atoms with E-state index in [1.54, 1.807) is 11.3 Å². The lowest BCUT2D eigenvalue weighted by molar-refractivity contribution is 0.496. The third-order valence-corrected chi connectivity index (χ3v) is 4.69. The fraction of sp³-hybridized carbons (Fsp3) is 0.438. The van der Waals surface area contributed by atoms with E-state index in [1.807, 2.05) is 5.51 Å². The summed E-state index contributed by atoms with van der Waals surface area (Å²) >= 11 is 1.73. The van der Waals surface area contributed by atoms with Gasteiger partial charge >= 0.3 is 0 Å². The maximum Gasteiger partial charge on any atom is 0.0798 e. The summed E-state index contributed by atoms with van der Waals surface area (Å²) in [5.41, 5.74) is 7.10. The molecule has 2 nitrogen and oxygen atoms in total.